The van der Waals surface area contributed by atoms with Crippen LogP contribution in [0.2, 0.25) is 0 Å². The minimum atomic E-state index is -1.06. The van der Waals surface area contributed by atoms with Crippen molar-refractivity contribution in [3.63, 3.8) is 0 Å². The van der Waals surface area contributed by atoms with Gasteiger partial charge in [-0.1, -0.05) is 17.7 Å². The molecule has 0 fully saturated rings. The molecule has 1 aromatic rings. The second-order valence-electron chi connectivity index (χ2n) is 9.43. The Morgan fingerprint density at radius 1 is 1.12 bits per heavy atom. The number of rotatable bonds is 11. The van der Waals surface area contributed by atoms with E-state index in [0.717, 1.165) is 22.3 Å². The second-order valence-corrected chi connectivity index (χ2v) is 9.43. The molecule has 0 aliphatic heterocycles. The summed E-state index contributed by atoms with van der Waals surface area (Å²) in [5.74, 6) is -2.41. The molecule has 0 bridgehead atoms. The summed E-state index contributed by atoms with van der Waals surface area (Å²) in [6.45, 7) is 11.3. The lowest BCUT2D eigenvalue weighted by molar-refractivity contribution is -0.144. The quantitative estimate of drug-likeness (QED) is 0.224. The molecule has 6 N–H and O–H groups in total. The van der Waals surface area contributed by atoms with Crippen LogP contribution in [0.25, 0.3) is 0 Å². The molecule has 0 aliphatic carbocycles. The second kappa shape index (κ2) is 12.2. The summed E-state index contributed by atoms with van der Waals surface area (Å²) >= 11 is 0. The number of nitrogens with one attached hydrogen (secondary N) is 1. The summed E-state index contributed by atoms with van der Waals surface area (Å²) in [7, 11) is 0. The molecule has 33 heavy (non-hydrogen) atoms. The number of nitrogens with two attached hydrogens (primary N) is 2. The van der Waals surface area contributed by atoms with Gasteiger partial charge in [-0.05, 0) is 77.5 Å². The zero-order valence-corrected chi connectivity index (χ0v) is 20.5. The highest BCUT2D eigenvalue weighted by Crippen LogP contribution is 2.23. The van der Waals surface area contributed by atoms with Crippen LogP contribution in [0.3, 0.4) is 0 Å². The number of ether oxygens (including phenoxy) is 1. The number of hydrogen-bond donors (Lipinski definition) is 4. The standard InChI is InChI=1S/C24H38N4O5/c1-14-10-15(2)18(16(3)11-14)12-17(21(30)31)13-20(29)19(8-7-9-27-22(25)26)28-23(32)33-24(4,5)6/h10-11,17,19H,7-9,12-13H2,1-6H3,(H,28,32)(H,30,31)(H4,25,26,27)/t17-,19-/m1/s1. The molecule has 9 heteroatoms. The van der Waals surface area contributed by atoms with Gasteiger partial charge in [0.05, 0.1) is 12.0 Å². The monoisotopic (exact) mass is 462 g/mol. The van der Waals surface area contributed by atoms with Crippen molar-refractivity contribution < 1.29 is 24.2 Å². The lowest BCUT2D eigenvalue weighted by atomic mass is 9.87. The number of hydrogen-bond acceptors (Lipinski definition) is 5. The van der Waals surface area contributed by atoms with Crippen LogP contribution in [-0.4, -0.2) is 47.1 Å². The van der Waals surface area contributed by atoms with Crippen LogP contribution in [0, 0.1) is 26.7 Å². The smallest absolute Gasteiger partial charge is 0.408 e. The average molecular weight is 463 g/mol. The molecule has 1 aromatic carbocycles. The van der Waals surface area contributed by atoms with Crippen molar-refractivity contribution in [1.29, 1.82) is 0 Å². The van der Waals surface area contributed by atoms with E-state index in [0.29, 0.717) is 6.42 Å². The maximum atomic E-state index is 13.1. The number of carboxylic acid groups (broad SMARTS) is 1. The van der Waals surface area contributed by atoms with Gasteiger partial charge < -0.3 is 26.6 Å². The number of aliphatic imine (C=N–C) groups is 1. The van der Waals surface area contributed by atoms with Crippen molar-refractivity contribution in [2.75, 3.05) is 6.54 Å². The topological polar surface area (TPSA) is 157 Å². The first-order valence-electron chi connectivity index (χ1n) is 11.1. The summed E-state index contributed by atoms with van der Waals surface area (Å²) in [4.78, 5) is 41.2. The van der Waals surface area contributed by atoms with Gasteiger partial charge in [0.2, 0.25) is 0 Å². The van der Waals surface area contributed by atoms with Crippen molar-refractivity contribution >= 4 is 23.8 Å². The van der Waals surface area contributed by atoms with Crippen LogP contribution >= 0.6 is 0 Å². The molecule has 1 amide bonds. The average Bonchev–Trinajstić information content (AvgIpc) is 2.63. The van der Waals surface area contributed by atoms with Gasteiger partial charge in [-0.2, -0.15) is 0 Å². The Kier molecular flexibility index (Phi) is 10.3. The number of nitrogens with zero attached hydrogens (tertiary/aromatic N) is 1. The highest BCUT2D eigenvalue weighted by molar-refractivity contribution is 5.90. The Bertz CT molecular complexity index is 862. The van der Waals surface area contributed by atoms with Crippen molar-refractivity contribution in [2.45, 2.75) is 78.9 Å². The Hall–Kier alpha value is -3.10. The molecule has 0 radical (unpaired) electrons. The number of carboxylic acids is 1. The number of carbonyl (C=O) groups is 3. The van der Waals surface area contributed by atoms with E-state index in [1.54, 1.807) is 20.8 Å². The van der Waals surface area contributed by atoms with Crippen molar-refractivity contribution in [1.82, 2.24) is 5.32 Å². The van der Waals surface area contributed by atoms with Crippen LogP contribution in [0.1, 0.15) is 62.3 Å². The number of aryl methyl sites for hydroxylation is 3. The van der Waals surface area contributed by atoms with E-state index in [1.807, 2.05) is 32.9 Å². The molecule has 0 spiro atoms. The zero-order chi connectivity index (χ0) is 25.3. The maximum absolute atomic E-state index is 13.1. The van der Waals surface area contributed by atoms with Gasteiger partial charge in [0.25, 0.3) is 0 Å². The molecule has 0 saturated carbocycles. The van der Waals surface area contributed by atoms with Crippen molar-refractivity contribution in [3.8, 4) is 0 Å². The maximum Gasteiger partial charge on any atom is 0.408 e. The number of ketones is 1. The number of aliphatic carboxylic acids is 1. The molecule has 0 saturated heterocycles. The van der Waals surface area contributed by atoms with Gasteiger partial charge in [0.15, 0.2) is 11.7 Å². The van der Waals surface area contributed by atoms with E-state index >= 15 is 0 Å². The number of alkyl carbamates (subject to hydrolysis) is 1. The summed E-state index contributed by atoms with van der Waals surface area (Å²) in [6.07, 6.45) is -0.0430. The largest absolute Gasteiger partial charge is 0.481 e. The first kappa shape index (κ1) is 27.9. The molecular formula is C24H38N4O5. The first-order chi connectivity index (χ1) is 15.2. The third kappa shape index (κ3) is 10.4. The van der Waals surface area contributed by atoms with Crippen LogP contribution in [0.15, 0.2) is 17.1 Å². The minimum absolute atomic E-state index is 0.0623. The van der Waals surface area contributed by atoms with Gasteiger partial charge in [-0.25, -0.2) is 4.79 Å². The van der Waals surface area contributed by atoms with E-state index in [2.05, 4.69) is 10.3 Å². The lowest BCUT2D eigenvalue weighted by Crippen LogP contribution is -2.44. The molecule has 2 atom stereocenters. The van der Waals surface area contributed by atoms with Gasteiger partial charge >= 0.3 is 12.1 Å². The fourth-order valence-corrected chi connectivity index (χ4v) is 3.68. The summed E-state index contributed by atoms with van der Waals surface area (Å²) in [6, 6.07) is 3.09. The van der Waals surface area contributed by atoms with Gasteiger partial charge in [0, 0.05) is 13.0 Å². The summed E-state index contributed by atoms with van der Waals surface area (Å²) in [5, 5.41) is 12.4. The fourth-order valence-electron chi connectivity index (χ4n) is 3.68. The predicted molar refractivity (Wildman–Crippen MR) is 128 cm³/mol. The number of guanidine groups is 1. The molecule has 9 nitrogen and oxygen atoms in total. The van der Waals surface area contributed by atoms with Gasteiger partial charge in [0.1, 0.15) is 5.60 Å². The molecule has 184 valence electrons. The van der Waals surface area contributed by atoms with Gasteiger partial charge in [-0.3, -0.25) is 14.6 Å². The van der Waals surface area contributed by atoms with Crippen LogP contribution in [0.5, 0.6) is 0 Å². The number of benzene rings is 1. The molecular weight excluding hydrogens is 424 g/mol. The zero-order valence-electron chi connectivity index (χ0n) is 20.5. The first-order valence-corrected chi connectivity index (χ1v) is 11.1. The van der Waals surface area contributed by atoms with Crippen LogP contribution < -0.4 is 16.8 Å². The lowest BCUT2D eigenvalue weighted by Gasteiger charge is -2.24. The Balaban J connectivity index is 3.00. The molecule has 0 aliphatic rings. The molecule has 1 rings (SSSR count). The van der Waals surface area contributed by atoms with Gasteiger partial charge in [-0.15, -0.1) is 0 Å². The van der Waals surface area contributed by atoms with Crippen molar-refractivity contribution in [3.05, 3.63) is 34.4 Å². The van der Waals surface area contributed by atoms with E-state index < -0.39 is 29.6 Å². The summed E-state index contributed by atoms with van der Waals surface area (Å²) < 4.78 is 5.27. The van der Waals surface area contributed by atoms with Crippen LogP contribution in [0.4, 0.5) is 4.79 Å². The SMILES string of the molecule is Cc1cc(C)c(C[C@H](CC(=O)[C@@H](CCCN=C(N)N)NC(=O)OC(C)(C)C)C(=O)O)c(C)c1. The van der Waals surface area contributed by atoms with Crippen molar-refractivity contribution in [2.24, 2.45) is 22.4 Å². The number of Topliss-reactive ketones (excluding diaryl/α,β-unsaturated/α-hetero) is 1. The van der Waals surface area contributed by atoms with E-state index in [9.17, 15) is 19.5 Å². The summed E-state index contributed by atoms with van der Waals surface area (Å²) in [5.41, 5.74) is 13.9. The third-order valence-electron chi connectivity index (χ3n) is 5.11. The number of carbonyl (C=O) groups excluding carboxylic acids is 2. The Labute approximate surface area is 196 Å². The van der Waals surface area contributed by atoms with E-state index in [4.69, 9.17) is 16.2 Å². The third-order valence-corrected chi connectivity index (χ3v) is 5.11. The molecule has 0 heterocycles. The van der Waals surface area contributed by atoms with Crippen LogP contribution in [-0.2, 0) is 20.7 Å². The fraction of sp³-hybridized carbons (Fsp3) is 0.583. The highest BCUT2D eigenvalue weighted by Gasteiger charge is 2.29. The highest BCUT2D eigenvalue weighted by atomic mass is 16.6. The molecule has 0 unspecified atom stereocenters. The Morgan fingerprint density at radius 2 is 1.70 bits per heavy atom. The van der Waals surface area contributed by atoms with E-state index in [-0.39, 0.29) is 37.6 Å². The normalized spacial score (nSPS) is 13.0. The Morgan fingerprint density at radius 3 is 2.18 bits per heavy atom. The molecule has 0 aromatic heterocycles. The minimum Gasteiger partial charge on any atom is -0.481 e. The van der Waals surface area contributed by atoms with E-state index in [1.165, 1.54) is 0 Å². The number of amides is 1. The predicted octanol–water partition coefficient (Wildman–Crippen LogP) is 2.76.